The van der Waals surface area contributed by atoms with Crippen LogP contribution in [0.15, 0.2) is 30.5 Å². The molecular formula is C10H9ClN2S. The molecule has 1 aromatic carbocycles. The second kappa shape index (κ2) is 3.98. The Morgan fingerprint density at radius 2 is 2.14 bits per heavy atom. The van der Waals surface area contributed by atoms with Crippen molar-refractivity contribution >= 4 is 28.1 Å². The zero-order valence-corrected chi connectivity index (χ0v) is 8.98. The van der Waals surface area contributed by atoms with E-state index in [0.29, 0.717) is 5.13 Å². The molecule has 4 heteroatoms. The number of thiazole rings is 1. The summed E-state index contributed by atoms with van der Waals surface area (Å²) in [6.07, 6.45) is 2.60. The van der Waals surface area contributed by atoms with Crippen molar-refractivity contribution in [1.29, 1.82) is 0 Å². The van der Waals surface area contributed by atoms with E-state index in [2.05, 4.69) is 4.98 Å². The number of benzene rings is 1. The highest BCUT2D eigenvalue weighted by Crippen LogP contribution is 2.22. The number of aromatic nitrogens is 1. The zero-order chi connectivity index (χ0) is 9.97. The maximum absolute atomic E-state index is 6.03. The Morgan fingerprint density at radius 1 is 1.36 bits per heavy atom. The molecule has 0 unspecified atom stereocenters. The van der Waals surface area contributed by atoms with E-state index in [4.69, 9.17) is 17.3 Å². The molecule has 0 atom stereocenters. The van der Waals surface area contributed by atoms with Crippen molar-refractivity contribution in [2.45, 2.75) is 6.42 Å². The molecule has 0 aliphatic carbocycles. The summed E-state index contributed by atoms with van der Waals surface area (Å²) in [7, 11) is 0. The van der Waals surface area contributed by atoms with Crippen molar-refractivity contribution in [3.63, 3.8) is 0 Å². The predicted octanol–water partition coefficient (Wildman–Crippen LogP) is 2.97. The lowest BCUT2D eigenvalue weighted by Gasteiger charge is -2.00. The van der Waals surface area contributed by atoms with Crippen LogP contribution in [0.3, 0.4) is 0 Å². The summed E-state index contributed by atoms with van der Waals surface area (Å²) in [4.78, 5) is 5.13. The van der Waals surface area contributed by atoms with Crippen LogP contribution < -0.4 is 5.73 Å². The molecular weight excluding hydrogens is 216 g/mol. The van der Waals surface area contributed by atoms with Crippen LogP contribution in [-0.4, -0.2) is 4.98 Å². The third kappa shape index (κ3) is 2.05. The van der Waals surface area contributed by atoms with Gasteiger partial charge in [0.1, 0.15) is 0 Å². The van der Waals surface area contributed by atoms with Crippen LogP contribution >= 0.6 is 22.9 Å². The summed E-state index contributed by atoms with van der Waals surface area (Å²) >= 11 is 7.53. The summed E-state index contributed by atoms with van der Waals surface area (Å²) in [5.41, 5.74) is 6.65. The van der Waals surface area contributed by atoms with Crippen molar-refractivity contribution in [2.24, 2.45) is 0 Å². The van der Waals surface area contributed by atoms with E-state index in [1.165, 1.54) is 11.3 Å². The predicted molar refractivity (Wildman–Crippen MR) is 60.8 cm³/mol. The summed E-state index contributed by atoms with van der Waals surface area (Å²) in [5, 5.41) is 1.39. The van der Waals surface area contributed by atoms with Gasteiger partial charge in [0.25, 0.3) is 0 Å². The Bertz CT molecular complexity index is 439. The molecule has 2 nitrogen and oxygen atoms in total. The number of nitrogens with zero attached hydrogens (tertiary/aromatic N) is 1. The third-order valence-corrected chi connectivity index (χ3v) is 3.09. The first kappa shape index (κ1) is 9.49. The molecule has 0 bridgehead atoms. The van der Waals surface area contributed by atoms with Gasteiger partial charge in [0.15, 0.2) is 5.13 Å². The van der Waals surface area contributed by atoms with E-state index in [1.54, 1.807) is 6.20 Å². The minimum absolute atomic E-state index is 0.604. The van der Waals surface area contributed by atoms with Crippen LogP contribution in [0.4, 0.5) is 5.13 Å². The van der Waals surface area contributed by atoms with Crippen LogP contribution in [-0.2, 0) is 6.42 Å². The van der Waals surface area contributed by atoms with Gasteiger partial charge in [0.2, 0.25) is 0 Å². The molecule has 0 saturated heterocycles. The van der Waals surface area contributed by atoms with Crippen LogP contribution in [0.1, 0.15) is 10.4 Å². The minimum atomic E-state index is 0.604. The third-order valence-electron chi connectivity index (χ3n) is 1.89. The number of anilines is 1. The van der Waals surface area contributed by atoms with Crippen LogP contribution in [0.2, 0.25) is 5.02 Å². The van der Waals surface area contributed by atoms with Gasteiger partial charge in [0.05, 0.1) is 0 Å². The maximum Gasteiger partial charge on any atom is 0.180 e. The number of hydrogen-bond donors (Lipinski definition) is 1. The molecule has 0 fully saturated rings. The summed E-state index contributed by atoms with van der Waals surface area (Å²) in [5.74, 6) is 0. The molecule has 14 heavy (non-hydrogen) atoms. The molecule has 0 aliphatic heterocycles. The van der Waals surface area contributed by atoms with Gasteiger partial charge in [-0.15, -0.1) is 11.3 Å². The second-order valence-corrected chi connectivity index (χ2v) is 4.49. The SMILES string of the molecule is Nc1ncc(Cc2ccccc2Cl)s1. The fourth-order valence-corrected chi connectivity index (χ4v) is 2.14. The summed E-state index contributed by atoms with van der Waals surface area (Å²) in [6, 6.07) is 7.80. The molecule has 0 aliphatic rings. The number of halogens is 1. The maximum atomic E-state index is 6.03. The van der Waals surface area contributed by atoms with Gasteiger partial charge >= 0.3 is 0 Å². The lowest BCUT2D eigenvalue weighted by atomic mass is 10.1. The quantitative estimate of drug-likeness (QED) is 0.852. The molecule has 2 aromatic rings. The molecule has 0 spiro atoms. The lowest BCUT2D eigenvalue weighted by Crippen LogP contribution is -1.85. The molecule has 1 heterocycles. The Hall–Kier alpha value is -1.06. The summed E-state index contributed by atoms with van der Waals surface area (Å²) in [6.45, 7) is 0. The van der Waals surface area contributed by atoms with Gasteiger partial charge < -0.3 is 5.73 Å². The zero-order valence-electron chi connectivity index (χ0n) is 7.40. The van der Waals surface area contributed by atoms with E-state index in [1.807, 2.05) is 24.3 Å². The number of nitrogen functional groups attached to an aromatic ring is 1. The standard InChI is InChI=1S/C10H9ClN2S/c11-9-4-2-1-3-7(9)5-8-6-13-10(12)14-8/h1-4,6H,5H2,(H2,12,13). The smallest absolute Gasteiger partial charge is 0.180 e. The first-order valence-electron chi connectivity index (χ1n) is 4.19. The molecule has 72 valence electrons. The monoisotopic (exact) mass is 224 g/mol. The van der Waals surface area contributed by atoms with Crippen molar-refractivity contribution in [2.75, 3.05) is 5.73 Å². The van der Waals surface area contributed by atoms with Gasteiger partial charge in [0, 0.05) is 22.5 Å². The molecule has 0 amide bonds. The fourth-order valence-electron chi connectivity index (χ4n) is 1.23. The first-order chi connectivity index (χ1) is 6.75. The van der Waals surface area contributed by atoms with E-state index < -0.39 is 0 Å². The van der Waals surface area contributed by atoms with Crippen LogP contribution in [0.5, 0.6) is 0 Å². The highest BCUT2D eigenvalue weighted by molar-refractivity contribution is 7.15. The Balaban J connectivity index is 2.23. The van der Waals surface area contributed by atoms with Gasteiger partial charge in [-0.2, -0.15) is 0 Å². The molecule has 2 N–H and O–H groups in total. The Labute approximate surface area is 91.4 Å². The van der Waals surface area contributed by atoms with Gasteiger partial charge in [-0.05, 0) is 11.6 Å². The highest BCUT2D eigenvalue weighted by atomic mass is 35.5. The van der Waals surface area contributed by atoms with Gasteiger partial charge in [-0.3, -0.25) is 0 Å². The fraction of sp³-hybridized carbons (Fsp3) is 0.100. The summed E-state index contributed by atoms with van der Waals surface area (Å²) < 4.78 is 0. The van der Waals surface area contributed by atoms with Crippen molar-refractivity contribution in [1.82, 2.24) is 4.98 Å². The minimum Gasteiger partial charge on any atom is -0.375 e. The van der Waals surface area contributed by atoms with Crippen molar-refractivity contribution in [3.05, 3.63) is 45.9 Å². The number of nitrogens with two attached hydrogens (primary N) is 1. The largest absolute Gasteiger partial charge is 0.375 e. The van der Waals surface area contributed by atoms with Crippen LogP contribution in [0.25, 0.3) is 0 Å². The Kier molecular flexibility index (Phi) is 2.70. The van der Waals surface area contributed by atoms with Crippen molar-refractivity contribution in [3.8, 4) is 0 Å². The normalized spacial score (nSPS) is 10.4. The van der Waals surface area contributed by atoms with Gasteiger partial charge in [-0.1, -0.05) is 29.8 Å². The van der Waals surface area contributed by atoms with E-state index in [-0.39, 0.29) is 0 Å². The van der Waals surface area contributed by atoms with E-state index in [0.717, 1.165) is 21.9 Å². The molecule has 2 rings (SSSR count). The van der Waals surface area contributed by atoms with Crippen molar-refractivity contribution < 1.29 is 0 Å². The average molecular weight is 225 g/mol. The first-order valence-corrected chi connectivity index (χ1v) is 5.39. The number of hydrogen-bond acceptors (Lipinski definition) is 3. The van der Waals surface area contributed by atoms with Crippen LogP contribution in [0, 0.1) is 0 Å². The van der Waals surface area contributed by atoms with E-state index >= 15 is 0 Å². The topological polar surface area (TPSA) is 38.9 Å². The molecule has 1 aromatic heterocycles. The molecule has 0 saturated carbocycles. The second-order valence-electron chi connectivity index (χ2n) is 2.93. The Morgan fingerprint density at radius 3 is 2.79 bits per heavy atom. The van der Waals surface area contributed by atoms with E-state index in [9.17, 15) is 0 Å². The lowest BCUT2D eigenvalue weighted by molar-refractivity contribution is 1.22. The number of rotatable bonds is 2. The highest BCUT2D eigenvalue weighted by Gasteiger charge is 2.03. The molecule has 0 radical (unpaired) electrons. The van der Waals surface area contributed by atoms with Gasteiger partial charge in [-0.25, -0.2) is 4.98 Å². The average Bonchev–Trinajstić information content (AvgIpc) is 2.56.